The van der Waals surface area contributed by atoms with Crippen LogP contribution in [0.15, 0.2) is 18.2 Å². The molecule has 0 aliphatic carbocycles. The molecule has 0 aromatic heterocycles. The summed E-state index contributed by atoms with van der Waals surface area (Å²) in [5, 5.41) is 2.71. The maximum absolute atomic E-state index is 12.2. The average Bonchev–Trinajstić information content (AvgIpc) is 2.84. The molecule has 2 aliphatic rings. The lowest BCUT2D eigenvalue weighted by atomic mass is 10.1. The summed E-state index contributed by atoms with van der Waals surface area (Å²) >= 11 is 0. The smallest absolute Gasteiger partial charge is 0.334 e. The van der Waals surface area contributed by atoms with Crippen LogP contribution in [0.4, 0.5) is 4.79 Å². The number of amides is 5. The number of hydrogen-bond acceptors (Lipinski definition) is 6. The van der Waals surface area contributed by atoms with E-state index in [1.165, 1.54) is 0 Å². The highest BCUT2D eigenvalue weighted by atomic mass is 16.6. The Labute approximate surface area is 149 Å². The minimum absolute atomic E-state index is 0.0785. The predicted octanol–water partition coefficient (Wildman–Crippen LogP) is 0.446. The SMILES string of the molecule is CCN1C(=O)C(=O)N(CC(=O)N[C@@H](C)c2ccc3c(c2)OCCO3)C1=O. The monoisotopic (exact) mass is 361 g/mol. The van der Waals surface area contributed by atoms with Crippen molar-refractivity contribution in [2.24, 2.45) is 0 Å². The first-order valence-corrected chi connectivity index (χ1v) is 8.28. The number of likely N-dealkylation sites (N-methyl/N-ethyl adjacent to an activating group) is 1. The second-order valence-electron chi connectivity index (χ2n) is 5.92. The fraction of sp³-hybridized carbons (Fsp3) is 0.412. The van der Waals surface area contributed by atoms with E-state index < -0.39 is 30.3 Å². The number of fused-ring (bicyclic) bond motifs is 1. The molecule has 0 unspecified atom stereocenters. The molecule has 9 heteroatoms. The molecule has 1 atom stereocenters. The molecule has 9 nitrogen and oxygen atoms in total. The van der Waals surface area contributed by atoms with Gasteiger partial charge in [-0.15, -0.1) is 0 Å². The number of imide groups is 2. The number of carbonyl (C=O) groups excluding carboxylic acids is 4. The third-order valence-electron chi connectivity index (χ3n) is 4.20. The molecule has 138 valence electrons. The third-order valence-corrected chi connectivity index (χ3v) is 4.20. The van der Waals surface area contributed by atoms with E-state index in [-0.39, 0.29) is 12.6 Å². The third kappa shape index (κ3) is 3.19. The summed E-state index contributed by atoms with van der Waals surface area (Å²) < 4.78 is 11.0. The molecular formula is C17H19N3O6. The topological polar surface area (TPSA) is 105 Å². The first kappa shape index (κ1) is 17.7. The zero-order valence-corrected chi connectivity index (χ0v) is 14.5. The molecule has 1 fully saturated rings. The molecule has 2 aliphatic heterocycles. The van der Waals surface area contributed by atoms with Gasteiger partial charge in [-0.3, -0.25) is 19.3 Å². The van der Waals surface area contributed by atoms with Gasteiger partial charge >= 0.3 is 17.8 Å². The molecule has 0 saturated carbocycles. The van der Waals surface area contributed by atoms with E-state index in [2.05, 4.69) is 5.32 Å². The lowest BCUT2D eigenvalue weighted by molar-refractivity contribution is -0.144. The van der Waals surface area contributed by atoms with Crippen molar-refractivity contribution in [2.45, 2.75) is 19.9 Å². The van der Waals surface area contributed by atoms with E-state index in [1.807, 2.05) is 0 Å². The quantitative estimate of drug-likeness (QED) is 0.603. The van der Waals surface area contributed by atoms with Crippen LogP contribution in [0.1, 0.15) is 25.5 Å². The summed E-state index contributed by atoms with van der Waals surface area (Å²) in [5.74, 6) is -1.20. The van der Waals surface area contributed by atoms with Gasteiger partial charge in [0.05, 0.1) is 6.04 Å². The van der Waals surface area contributed by atoms with E-state index in [4.69, 9.17) is 9.47 Å². The maximum atomic E-state index is 12.2. The average molecular weight is 361 g/mol. The van der Waals surface area contributed by atoms with Crippen molar-refractivity contribution < 1.29 is 28.7 Å². The summed E-state index contributed by atoms with van der Waals surface area (Å²) in [4.78, 5) is 49.2. The van der Waals surface area contributed by atoms with Crippen molar-refractivity contribution in [3.05, 3.63) is 23.8 Å². The lowest BCUT2D eigenvalue weighted by Crippen LogP contribution is -2.42. The molecule has 0 bridgehead atoms. The molecular weight excluding hydrogens is 342 g/mol. The van der Waals surface area contributed by atoms with Crippen LogP contribution < -0.4 is 14.8 Å². The number of carbonyl (C=O) groups is 4. The normalized spacial score (nSPS) is 17.5. The molecule has 1 saturated heterocycles. The molecule has 26 heavy (non-hydrogen) atoms. The number of rotatable bonds is 5. The Kier molecular flexibility index (Phi) is 4.79. The Morgan fingerprint density at radius 1 is 1.12 bits per heavy atom. The van der Waals surface area contributed by atoms with Crippen LogP contribution in [0.2, 0.25) is 0 Å². The summed E-state index contributed by atoms with van der Waals surface area (Å²) in [6, 6.07) is 4.17. The van der Waals surface area contributed by atoms with Crippen LogP contribution in [0.25, 0.3) is 0 Å². The second-order valence-corrected chi connectivity index (χ2v) is 5.92. The van der Waals surface area contributed by atoms with Crippen LogP contribution >= 0.6 is 0 Å². The minimum atomic E-state index is -0.987. The standard InChI is InChI=1S/C17H19N3O6/c1-3-19-15(22)16(23)20(17(19)24)9-14(21)18-10(2)11-4-5-12-13(8-11)26-7-6-25-12/h4-5,8,10H,3,6-7,9H2,1-2H3,(H,18,21)/t10-/m0/s1. The highest BCUT2D eigenvalue weighted by molar-refractivity contribution is 6.45. The van der Waals surface area contributed by atoms with E-state index in [9.17, 15) is 19.2 Å². The Bertz CT molecular complexity index is 778. The van der Waals surface area contributed by atoms with Gasteiger partial charge in [0.15, 0.2) is 11.5 Å². The highest BCUT2D eigenvalue weighted by Gasteiger charge is 2.44. The second kappa shape index (κ2) is 7.03. The zero-order valence-electron chi connectivity index (χ0n) is 14.5. The molecule has 1 N–H and O–H groups in total. The van der Waals surface area contributed by atoms with Gasteiger partial charge in [-0.25, -0.2) is 9.69 Å². The van der Waals surface area contributed by atoms with Crippen molar-refractivity contribution >= 4 is 23.8 Å². The number of nitrogens with one attached hydrogen (secondary N) is 1. The molecule has 3 rings (SSSR count). The Morgan fingerprint density at radius 2 is 1.77 bits per heavy atom. The lowest BCUT2D eigenvalue weighted by Gasteiger charge is -2.21. The molecule has 1 aromatic rings. The van der Waals surface area contributed by atoms with Gasteiger partial charge in [0, 0.05) is 6.54 Å². The first-order valence-electron chi connectivity index (χ1n) is 8.28. The molecule has 2 heterocycles. The van der Waals surface area contributed by atoms with E-state index in [0.29, 0.717) is 29.6 Å². The molecule has 1 aromatic carbocycles. The number of ether oxygens (including phenoxy) is 2. The summed E-state index contributed by atoms with van der Waals surface area (Å²) in [5.41, 5.74) is 0.785. The van der Waals surface area contributed by atoms with Gasteiger partial charge in [0.25, 0.3) is 0 Å². The predicted molar refractivity (Wildman–Crippen MR) is 88.5 cm³/mol. The van der Waals surface area contributed by atoms with E-state index in [1.54, 1.807) is 32.0 Å². The van der Waals surface area contributed by atoms with Crippen LogP contribution in [0, 0.1) is 0 Å². The number of benzene rings is 1. The Hall–Kier alpha value is -3.10. The first-order chi connectivity index (χ1) is 12.4. The van der Waals surface area contributed by atoms with Crippen molar-refractivity contribution in [1.29, 1.82) is 0 Å². The van der Waals surface area contributed by atoms with Gasteiger partial charge < -0.3 is 14.8 Å². The van der Waals surface area contributed by atoms with Crippen molar-refractivity contribution in [2.75, 3.05) is 26.3 Å². The van der Waals surface area contributed by atoms with Gasteiger partial charge in [0.1, 0.15) is 19.8 Å². The van der Waals surface area contributed by atoms with E-state index >= 15 is 0 Å². The molecule has 5 amide bonds. The molecule has 0 spiro atoms. The van der Waals surface area contributed by atoms with Gasteiger partial charge in [-0.1, -0.05) is 6.07 Å². The molecule has 0 radical (unpaired) electrons. The number of urea groups is 1. The van der Waals surface area contributed by atoms with Crippen molar-refractivity contribution in [3.63, 3.8) is 0 Å². The minimum Gasteiger partial charge on any atom is -0.486 e. The van der Waals surface area contributed by atoms with Gasteiger partial charge in [-0.2, -0.15) is 0 Å². The van der Waals surface area contributed by atoms with Crippen molar-refractivity contribution in [3.8, 4) is 11.5 Å². The van der Waals surface area contributed by atoms with Crippen LogP contribution in [0.5, 0.6) is 11.5 Å². The van der Waals surface area contributed by atoms with Crippen LogP contribution in [0.3, 0.4) is 0 Å². The van der Waals surface area contributed by atoms with Crippen LogP contribution in [-0.4, -0.2) is 59.9 Å². The van der Waals surface area contributed by atoms with Gasteiger partial charge in [-0.05, 0) is 31.5 Å². The fourth-order valence-electron chi connectivity index (χ4n) is 2.81. The zero-order chi connectivity index (χ0) is 18.8. The number of hydrogen-bond donors (Lipinski definition) is 1. The largest absolute Gasteiger partial charge is 0.486 e. The Balaban J connectivity index is 1.64. The summed E-state index contributed by atoms with van der Waals surface area (Å²) in [7, 11) is 0. The summed E-state index contributed by atoms with van der Waals surface area (Å²) in [6.45, 7) is 3.86. The maximum Gasteiger partial charge on any atom is 0.334 e. The highest BCUT2D eigenvalue weighted by Crippen LogP contribution is 2.32. The van der Waals surface area contributed by atoms with Gasteiger partial charge in [0.2, 0.25) is 5.91 Å². The van der Waals surface area contributed by atoms with Crippen LogP contribution in [-0.2, 0) is 14.4 Å². The number of nitrogens with zero attached hydrogens (tertiary/aromatic N) is 2. The Morgan fingerprint density at radius 3 is 2.42 bits per heavy atom. The van der Waals surface area contributed by atoms with Crippen molar-refractivity contribution in [1.82, 2.24) is 15.1 Å². The summed E-state index contributed by atoms with van der Waals surface area (Å²) in [6.07, 6.45) is 0. The fourth-order valence-corrected chi connectivity index (χ4v) is 2.81. The van der Waals surface area contributed by atoms with E-state index in [0.717, 1.165) is 10.5 Å².